The van der Waals surface area contributed by atoms with Crippen molar-refractivity contribution < 1.29 is 14.3 Å². The molecule has 2 aromatic rings. The highest BCUT2D eigenvalue weighted by atomic mass is 19.1. The van der Waals surface area contributed by atoms with E-state index in [-0.39, 0.29) is 11.5 Å². The number of aromatic carboxylic acids is 1. The van der Waals surface area contributed by atoms with E-state index in [1.165, 1.54) is 16.8 Å². The standard InChI is InChI=1S/C12H11FN2O2/c1-7-3-4-9(6-10(7)13)15-8(2)5-11(14-15)12(16)17/h3-6H,1-2H3,(H,16,17). The van der Waals surface area contributed by atoms with Gasteiger partial charge in [-0.25, -0.2) is 13.9 Å². The Morgan fingerprint density at radius 3 is 2.59 bits per heavy atom. The number of hydrogen-bond donors (Lipinski definition) is 1. The molecule has 0 amide bonds. The molecule has 0 bridgehead atoms. The summed E-state index contributed by atoms with van der Waals surface area (Å²) in [6, 6.07) is 6.11. The van der Waals surface area contributed by atoms with Crippen molar-refractivity contribution in [3.8, 4) is 5.69 Å². The predicted molar refractivity (Wildman–Crippen MR) is 60.0 cm³/mol. The Hall–Kier alpha value is -2.17. The van der Waals surface area contributed by atoms with Crippen molar-refractivity contribution in [1.82, 2.24) is 9.78 Å². The predicted octanol–water partition coefficient (Wildman–Crippen LogP) is 2.33. The van der Waals surface area contributed by atoms with Crippen molar-refractivity contribution in [2.75, 3.05) is 0 Å². The van der Waals surface area contributed by atoms with E-state index in [0.717, 1.165) is 0 Å². The Morgan fingerprint density at radius 2 is 2.06 bits per heavy atom. The highest BCUT2D eigenvalue weighted by Gasteiger charge is 2.12. The zero-order chi connectivity index (χ0) is 12.6. The molecule has 0 atom stereocenters. The summed E-state index contributed by atoms with van der Waals surface area (Å²) in [7, 11) is 0. The van der Waals surface area contributed by atoms with Gasteiger partial charge in [0.25, 0.3) is 0 Å². The molecule has 1 heterocycles. The minimum atomic E-state index is -1.10. The van der Waals surface area contributed by atoms with Crippen LogP contribution in [0.25, 0.3) is 5.69 Å². The molecular weight excluding hydrogens is 223 g/mol. The van der Waals surface area contributed by atoms with Gasteiger partial charge in [0.2, 0.25) is 0 Å². The Balaban J connectivity index is 2.52. The van der Waals surface area contributed by atoms with Gasteiger partial charge in [-0.15, -0.1) is 0 Å². The largest absolute Gasteiger partial charge is 0.476 e. The van der Waals surface area contributed by atoms with Crippen molar-refractivity contribution >= 4 is 5.97 Å². The lowest BCUT2D eigenvalue weighted by molar-refractivity contribution is 0.0690. The van der Waals surface area contributed by atoms with Crippen molar-refractivity contribution in [3.63, 3.8) is 0 Å². The first-order valence-corrected chi connectivity index (χ1v) is 5.05. The maximum Gasteiger partial charge on any atom is 0.356 e. The molecule has 0 unspecified atom stereocenters. The number of carboxylic acid groups (broad SMARTS) is 1. The number of rotatable bonds is 2. The molecule has 1 N–H and O–H groups in total. The van der Waals surface area contributed by atoms with E-state index < -0.39 is 5.97 Å². The Kier molecular flexibility index (Phi) is 2.67. The molecule has 0 radical (unpaired) electrons. The summed E-state index contributed by atoms with van der Waals surface area (Å²) >= 11 is 0. The fourth-order valence-corrected chi connectivity index (χ4v) is 1.55. The zero-order valence-corrected chi connectivity index (χ0v) is 9.44. The van der Waals surface area contributed by atoms with Crippen molar-refractivity contribution in [1.29, 1.82) is 0 Å². The van der Waals surface area contributed by atoms with Gasteiger partial charge in [-0.05, 0) is 37.6 Å². The third-order valence-corrected chi connectivity index (χ3v) is 2.51. The quantitative estimate of drug-likeness (QED) is 0.867. The van der Waals surface area contributed by atoms with E-state index >= 15 is 0 Å². The highest BCUT2D eigenvalue weighted by Crippen LogP contribution is 2.15. The van der Waals surface area contributed by atoms with Crippen LogP contribution >= 0.6 is 0 Å². The van der Waals surface area contributed by atoms with Crippen molar-refractivity contribution in [3.05, 3.63) is 47.0 Å². The molecule has 1 aromatic carbocycles. The Bertz CT molecular complexity index is 590. The maximum absolute atomic E-state index is 13.4. The van der Waals surface area contributed by atoms with Crippen LogP contribution in [0.4, 0.5) is 4.39 Å². The number of carboxylic acids is 1. The van der Waals surface area contributed by atoms with Crippen LogP contribution in [0.2, 0.25) is 0 Å². The SMILES string of the molecule is Cc1ccc(-n2nc(C(=O)O)cc2C)cc1F. The monoisotopic (exact) mass is 234 g/mol. The molecule has 17 heavy (non-hydrogen) atoms. The van der Waals surface area contributed by atoms with E-state index in [9.17, 15) is 9.18 Å². The lowest BCUT2D eigenvalue weighted by atomic mass is 10.2. The molecule has 0 spiro atoms. The fourth-order valence-electron chi connectivity index (χ4n) is 1.55. The van der Waals surface area contributed by atoms with Crippen LogP contribution in [0.15, 0.2) is 24.3 Å². The van der Waals surface area contributed by atoms with Crippen LogP contribution in [0, 0.1) is 19.7 Å². The molecule has 0 saturated heterocycles. The first kappa shape index (κ1) is 11.3. The van der Waals surface area contributed by atoms with E-state index in [0.29, 0.717) is 16.9 Å². The number of nitrogens with zero attached hydrogens (tertiary/aromatic N) is 2. The van der Waals surface area contributed by atoms with Crippen LogP contribution in [-0.2, 0) is 0 Å². The van der Waals surface area contributed by atoms with Crippen LogP contribution in [0.5, 0.6) is 0 Å². The second kappa shape index (κ2) is 4.01. The molecule has 4 nitrogen and oxygen atoms in total. The molecule has 88 valence electrons. The maximum atomic E-state index is 13.4. The topological polar surface area (TPSA) is 55.1 Å². The summed E-state index contributed by atoms with van der Waals surface area (Å²) in [6.45, 7) is 3.38. The van der Waals surface area contributed by atoms with Crippen LogP contribution in [-0.4, -0.2) is 20.9 Å². The van der Waals surface area contributed by atoms with Gasteiger partial charge in [0.05, 0.1) is 5.69 Å². The van der Waals surface area contributed by atoms with Crippen LogP contribution in [0.3, 0.4) is 0 Å². The molecule has 2 rings (SSSR count). The van der Waals surface area contributed by atoms with Gasteiger partial charge in [0.15, 0.2) is 5.69 Å². The number of aromatic nitrogens is 2. The van der Waals surface area contributed by atoms with Gasteiger partial charge in [-0.1, -0.05) is 6.07 Å². The average Bonchev–Trinajstić information content (AvgIpc) is 2.65. The third kappa shape index (κ3) is 2.04. The first-order valence-electron chi connectivity index (χ1n) is 5.05. The lowest BCUT2D eigenvalue weighted by Gasteiger charge is -2.05. The summed E-state index contributed by atoms with van der Waals surface area (Å²) < 4.78 is 14.8. The van der Waals surface area contributed by atoms with Crippen LogP contribution < -0.4 is 0 Å². The van der Waals surface area contributed by atoms with Gasteiger partial charge < -0.3 is 5.11 Å². The minimum Gasteiger partial charge on any atom is -0.476 e. The third-order valence-electron chi connectivity index (χ3n) is 2.51. The van der Waals surface area contributed by atoms with Gasteiger partial charge >= 0.3 is 5.97 Å². The van der Waals surface area contributed by atoms with Crippen LogP contribution in [0.1, 0.15) is 21.7 Å². The fraction of sp³-hybridized carbons (Fsp3) is 0.167. The second-order valence-corrected chi connectivity index (χ2v) is 3.82. The molecule has 0 saturated carbocycles. The van der Waals surface area contributed by atoms with Gasteiger partial charge in [0, 0.05) is 5.69 Å². The Labute approximate surface area is 97.3 Å². The normalized spacial score (nSPS) is 10.5. The van der Waals surface area contributed by atoms with Gasteiger partial charge in [-0.3, -0.25) is 0 Å². The zero-order valence-electron chi connectivity index (χ0n) is 9.44. The molecule has 0 aliphatic heterocycles. The van der Waals surface area contributed by atoms with Crippen molar-refractivity contribution in [2.45, 2.75) is 13.8 Å². The molecule has 5 heteroatoms. The summed E-state index contributed by atoms with van der Waals surface area (Å²) in [5, 5.41) is 12.7. The second-order valence-electron chi connectivity index (χ2n) is 3.82. The minimum absolute atomic E-state index is 0.0523. The summed E-state index contributed by atoms with van der Waals surface area (Å²) in [4.78, 5) is 10.8. The van der Waals surface area contributed by atoms with E-state index in [4.69, 9.17) is 5.11 Å². The van der Waals surface area contributed by atoms with Gasteiger partial charge in [0.1, 0.15) is 5.82 Å². The number of carbonyl (C=O) groups is 1. The molecule has 1 aromatic heterocycles. The summed E-state index contributed by atoms with van der Waals surface area (Å²) in [5.41, 5.74) is 1.64. The van der Waals surface area contributed by atoms with E-state index in [1.807, 2.05) is 0 Å². The lowest BCUT2D eigenvalue weighted by Crippen LogP contribution is -2.03. The summed E-state index contributed by atoms with van der Waals surface area (Å²) in [6.07, 6.45) is 0. The Morgan fingerprint density at radius 1 is 1.35 bits per heavy atom. The van der Waals surface area contributed by atoms with Crippen molar-refractivity contribution in [2.24, 2.45) is 0 Å². The number of benzene rings is 1. The number of hydrogen-bond acceptors (Lipinski definition) is 2. The number of aryl methyl sites for hydroxylation is 2. The van der Waals surface area contributed by atoms with E-state index in [1.54, 1.807) is 26.0 Å². The molecule has 0 aliphatic rings. The molecular formula is C12H11FN2O2. The smallest absolute Gasteiger partial charge is 0.356 e. The van der Waals surface area contributed by atoms with E-state index in [2.05, 4.69) is 5.10 Å². The first-order chi connectivity index (χ1) is 7.99. The molecule has 0 aliphatic carbocycles. The highest BCUT2D eigenvalue weighted by molar-refractivity contribution is 5.85. The average molecular weight is 234 g/mol. The number of halogens is 1. The molecule has 0 fully saturated rings. The van der Waals surface area contributed by atoms with Gasteiger partial charge in [-0.2, -0.15) is 5.10 Å². The summed E-state index contributed by atoms with van der Waals surface area (Å²) in [5.74, 6) is -1.44.